The molecule has 2 aliphatic rings. The minimum atomic E-state index is 0.636. The third-order valence-corrected chi connectivity index (χ3v) is 7.88. The van der Waals surface area contributed by atoms with Gasteiger partial charge in [-0.05, 0) is 85.8 Å². The predicted molar refractivity (Wildman–Crippen MR) is 121 cm³/mol. The monoisotopic (exact) mass is 384 g/mol. The molecule has 3 rings (SSSR count). The Morgan fingerprint density at radius 1 is 0.857 bits per heavy atom. The average Bonchev–Trinajstić information content (AvgIpc) is 2.77. The van der Waals surface area contributed by atoms with Crippen LogP contribution in [0.25, 0.3) is 0 Å². The molecule has 28 heavy (non-hydrogen) atoms. The van der Waals surface area contributed by atoms with Gasteiger partial charge in [0, 0.05) is 0 Å². The molecule has 2 fully saturated rings. The summed E-state index contributed by atoms with van der Waals surface area (Å²) < 4.78 is 5.93. The summed E-state index contributed by atoms with van der Waals surface area (Å²) >= 11 is 0. The average molecular weight is 385 g/mol. The first-order valence-electron chi connectivity index (χ1n) is 12.4. The molecular formula is C27H44O. The van der Waals surface area contributed by atoms with Crippen LogP contribution in [0.4, 0.5) is 0 Å². The van der Waals surface area contributed by atoms with Gasteiger partial charge in [0.15, 0.2) is 0 Å². The summed E-state index contributed by atoms with van der Waals surface area (Å²) in [5, 5.41) is 0. The molecule has 1 nitrogen and oxygen atoms in total. The zero-order valence-electron chi connectivity index (χ0n) is 18.8. The van der Waals surface area contributed by atoms with Crippen LogP contribution in [0.15, 0.2) is 24.3 Å². The number of benzene rings is 1. The number of hydrogen-bond acceptors (Lipinski definition) is 1. The van der Waals surface area contributed by atoms with Crippen molar-refractivity contribution in [1.82, 2.24) is 0 Å². The van der Waals surface area contributed by atoms with Crippen LogP contribution < -0.4 is 4.74 Å². The first-order valence-corrected chi connectivity index (χ1v) is 12.4. The number of ether oxygens (including phenoxy) is 1. The highest BCUT2D eigenvalue weighted by Crippen LogP contribution is 2.44. The summed E-state index contributed by atoms with van der Waals surface area (Å²) in [6.07, 6.45) is 17.3. The van der Waals surface area contributed by atoms with E-state index in [4.69, 9.17) is 4.74 Å². The number of unbranched alkanes of at least 4 members (excludes halogenated alkanes) is 1. The van der Waals surface area contributed by atoms with E-state index in [1.165, 1.54) is 82.6 Å². The van der Waals surface area contributed by atoms with Crippen LogP contribution in [-0.4, -0.2) is 6.61 Å². The van der Waals surface area contributed by atoms with Crippen molar-refractivity contribution in [2.24, 2.45) is 23.7 Å². The summed E-state index contributed by atoms with van der Waals surface area (Å²) in [6.45, 7) is 7.65. The van der Waals surface area contributed by atoms with E-state index in [2.05, 4.69) is 45.0 Å². The Kier molecular flexibility index (Phi) is 8.74. The predicted octanol–water partition coefficient (Wildman–Crippen LogP) is 8.38. The molecule has 1 aromatic carbocycles. The van der Waals surface area contributed by atoms with Gasteiger partial charge in [-0.15, -0.1) is 0 Å². The smallest absolute Gasteiger partial charge is 0.119 e. The molecule has 0 aliphatic heterocycles. The molecule has 1 atom stereocenters. The zero-order chi connectivity index (χ0) is 19.8. The van der Waals surface area contributed by atoms with Crippen LogP contribution in [0.3, 0.4) is 0 Å². The Morgan fingerprint density at radius 3 is 2.04 bits per heavy atom. The molecule has 158 valence electrons. The standard InChI is InChI=1S/C27H44O/c1-4-6-7-22-8-10-23(11-9-22)24-12-14-25(15-13-24)26-16-18-27(19-17-26)28-20-21(3)5-2/h16-19,21-25H,4-15,20H2,1-3H3/t21-,22-,23-,24?,25?/m0/s1. The van der Waals surface area contributed by atoms with E-state index in [-0.39, 0.29) is 0 Å². The minimum Gasteiger partial charge on any atom is -0.493 e. The molecule has 2 aliphatic carbocycles. The van der Waals surface area contributed by atoms with Crippen molar-refractivity contribution < 1.29 is 4.74 Å². The third-order valence-electron chi connectivity index (χ3n) is 7.88. The van der Waals surface area contributed by atoms with Crippen LogP contribution in [0.5, 0.6) is 5.75 Å². The lowest BCUT2D eigenvalue weighted by atomic mass is 9.68. The maximum Gasteiger partial charge on any atom is 0.119 e. The Morgan fingerprint density at radius 2 is 1.46 bits per heavy atom. The maximum atomic E-state index is 5.93. The normalized spacial score (nSPS) is 29.4. The SMILES string of the molecule is CCCC[C@H]1CC[C@H](C2CCC(c3ccc(OC[C@@H](C)CC)cc3)CC2)CC1. The van der Waals surface area contributed by atoms with Gasteiger partial charge in [0.1, 0.15) is 5.75 Å². The van der Waals surface area contributed by atoms with Gasteiger partial charge >= 0.3 is 0 Å². The molecular weight excluding hydrogens is 340 g/mol. The highest BCUT2D eigenvalue weighted by molar-refractivity contribution is 5.29. The van der Waals surface area contributed by atoms with Crippen molar-refractivity contribution in [3.8, 4) is 5.75 Å². The van der Waals surface area contributed by atoms with Crippen LogP contribution in [0, 0.1) is 23.7 Å². The van der Waals surface area contributed by atoms with Gasteiger partial charge in [-0.1, -0.05) is 71.4 Å². The Bertz CT molecular complexity index is 532. The number of rotatable bonds is 9. The van der Waals surface area contributed by atoms with Gasteiger partial charge in [-0.2, -0.15) is 0 Å². The largest absolute Gasteiger partial charge is 0.493 e. The quantitative estimate of drug-likeness (QED) is 0.415. The molecule has 0 heterocycles. The summed E-state index contributed by atoms with van der Waals surface area (Å²) in [6, 6.07) is 9.05. The molecule has 0 saturated heterocycles. The highest BCUT2D eigenvalue weighted by Gasteiger charge is 2.31. The molecule has 1 aromatic rings. The maximum absolute atomic E-state index is 5.93. The molecule has 1 heteroatoms. The molecule has 0 radical (unpaired) electrons. The first-order chi connectivity index (χ1) is 13.7. The van der Waals surface area contributed by atoms with E-state index in [1.807, 2.05) is 0 Å². The van der Waals surface area contributed by atoms with Gasteiger partial charge < -0.3 is 4.74 Å². The van der Waals surface area contributed by atoms with Crippen LogP contribution in [0.2, 0.25) is 0 Å². The summed E-state index contributed by atoms with van der Waals surface area (Å²) in [7, 11) is 0. The summed E-state index contributed by atoms with van der Waals surface area (Å²) in [5.41, 5.74) is 1.54. The van der Waals surface area contributed by atoms with Gasteiger partial charge in [0.2, 0.25) is 0 Å². The molecule has 0 spiro atoms. The lowest BCUT2D eigenvalue weighted by Gasteiger charge is -2.38. The van der Waals surface area contributed by atoms with Gasteiger partial charge in [0.25, 0.3) is 0 Å². The van der Waals surface area contributed by atoms with E-state index < -0.39 is 0 Å². The number of hydrogen-bond donors (Lipinski definition) is 0. The van der Waals surface area contributed by atoms with Crippen molar-refractivity contribution in [3.05, 3.63) is 29.8 Å². The fourth-order valence-corrected chi connectivity index (χ4v) is 5.56. The van der Waals surface area contributed by atoms with E-state index >= 15 is 0 Å². The molecule has 0 aromatic heterocycles. The van der Waals surface area contributed by atoms with E-state index in [0.717, 1.165) is 36.0 Å². The lowest BCUT2D eigenvalue weighted by molar-refractivity contribution is 0.156. The van der Waals surface area contributed by atoms with Crippen LogP contribution in [0.1, 0.15) is 109 Å². The molecule has 2 saturated carbocycles. The second-order valence-electron chi connectivity index (χ2n) is 9.93. The van der Waals surface area contributed by atoms with E-state index in [1.54, 1.807) is 0 Å². The van der Waals surface area contributed by atoms with Gasteiger partial charge in [-0.3, -0.25) is 0 Å². The first kappa shape index (κ1) is 21.7. The van der Waals surface area contributed by atoms with Crippen LogP contribution >= 0.6 is 0 Å². The Hall–Kier alpha value is -0.980. The molecule has 0 N–H and O–H groups in total. The van der Waals surface area contributed by atoms with Crippen molar-refractivity contribution in [2.45, 2.75) is 104 Å². The third kappa shape index (κ3) is 6.26. The molecule has 0 amide bonds. The molecule has 0 bridgehead atoms. The second kappa shape index (κ2) is 11.3. The Labute approximate surface area is 174 Å². The second-order valence-corrected chi connectivity index (χ2v) is 9.93. The van der Waals surface area contributed by atoms with Crippen molar-refractivity contribution in [3.63, 3.8) is 0 Å². The van der Waals surface area contributed by atoms with Crippen molar-refractivity contribution in [2.75, 3.05) is 6.61 Å². The lowest BCUT2D eigenvalue weighted by Crippen LogP contribution is -2.25. The highest BCUT2D eigenvalue weighted by atomic mass is 16.5. The minimum absolute atomic E-state index is 0.636. The Balaban J connectivity index is 1.40. The zero-order valence-corrected chi connectivity index (χ0v) is 18.8. The fraction of sp³-hybridized carbons (Fsp3) is 0.778. The summed E-state index contributed by atoms with van der Waals surface area (Å²) in [4.78, 5) is 0. The van der Waals surface area contributed by atoms with Gasteiger partial charge in [-0.25, -0.2) is 0 Å². The van der Waals surface area contributed by atoms with E-state index in [0.29, 0.717) is 5.92 Å². The van der Waals surface area contributed by atoms with Crippen molar-refractivity contribution in [1.29, 1.82) is 0 Å². The fourth-order valence-electron chi connectivity index (χ4n) is 5.56. The van der Waals surface area contributed by atoms with Crippen molar-refractivity contribution >= 4 is 0 Å². The summed E-state index contributed by atoms with van der Waals surface area (Å²) in [5.74, 6) is 5.56. The van der Waals surface area contributed by atoms with E-state index in [9.17, 15) is 0 Å². The van der Waals surface area contributed by atoms with Gasteiger partial charge in [0.05, 0.1) is 6.61 Å². The topological polar surface area (TPSA) is 9.23 Å². The van der Waals surface area contributed by atoms with Crippen LogP contribution in [-0.2, 0) is 0 Å². The molecule has 0 unspecified atom stereocenters.